The summed E-state index contributed by atoms with van der Waals surface area (Å²) in [7, 11) is 2.98. The number of carbonyl (C=O) groups is 3. The average molecular weight is 483 g/mol. The number of hydrogen-bond acceptors (Lipinski definition) is 7. The monoisotopic (exact) mass is 482 g/mol. The van der Waals surface area contributed by atoms with Crippen molar-refractivity contribution in [2.24, 2.45) is 22.7 Å². The summed E-state index contributed by atoms with van der Waals surface area (Å²) in [6.07, 6.45) is 4.27. The van der Waals surface area contributed by atoms with Crippen molar-refractivity contribution < 1.29 is 33.5 Å². The minimum atomic E-state index is -1.17. The maximum atomic E-state index is 13.6. The standard InChI is InChI=1S/C26H30N2O7/c1-33-18-5-3-17(4-6-18)20-8-19(35-28-20)9-21(22(29)30)27-23(31)25-10-15-7-16(11-25)13-26(12-15,14-25)24(32)34-2/h3-6,8,15-16,21H,7,9-14H2,1-2H3,(H,27,31)(H,29,30). The fourth-order valence-corrected chi connectivity index (χ4v) is 7.00. The van der Waals surface area contributed by atoms with Crippen molar-refractivity contribution in [1.29, 1.82) is 0 Å². The SMILES string of the molecule is COC(=O)C12CC3CC(CC(C(=O)NC(Cc4cc(-c5ccc(OC)cc5)no4)C(=O)O)(C3)C1)C2. The van der Waals surface area contributed by atoms with Crippen molar-refractivity contribution in [3.05, 3.63) is 36.1 Å². The van der Waals surface area contributed by atoms with Crippen molar-refractivity contribution in [3.63, 3.8) is 0 Å². The number of methoxy groups -OCH3 is 2. The molecule has 9 nitrogen and oxygen atoms in total. The summed E-state index contributed by atoms with van der Waals surface area (Å²) >= 11 is 0. The van der Waals surface area contributed by atoms with Gasteiger partial charge >= 0.3 is 11.9 Å². The molecule has 35 heavy (non-hydrogen) atoms. The molecule has 4 bridgehead atoms. The molecule has 4 aliphatic carbocycles. The Labute approximate surface area is 203 Å². The minimum absolute atomic E-state index is 0.0324. The first-order valence-corrected chi connectivity index (χ1v) is 12.0. The zero-order valence-electron chi connectivity index (χ0n) is 19.9. The van der Waals surface area contributed by atoms with Gasteiger partial charge in [-0.25, -0.2) is 4.79 Å². The number of hydrogen-bond donors (Lipinski definition) is 2. The Morgan fingerprint density at radius 1 is 1.11 bits per heavy atom. The predicted octanol–water partition coefficient (Wildman–Crippen LogP) is 3.22. The largest absolute Gasteiger partial charge is 0.497 e. The maximum Gasteiger partial charge on any atom is 0.326 e. The van der Waals surface area contributed by atoms with Crippen LogP contribution in [0.1, 0.15) is 44.3 Å². The molecule has 1 amide bonds. The number of carbonyl (C=O) groups excluding carboxylic acids is 2. The lowest BCUT2D eigenvalue weighted by molar-refractivity contribution is -0.182. The summed E-state index contributed by atoms with van der Waals surface area (Å²) in [5.74, 6) is -0.0390. The Morgan fingerprint density at radius 3 is 2.37 bits per heavy atom. The third-order valence-corrected chi connectivity index (χ3v) is 8.11. The smallest absolute Gasteiger partial charge is 0.326 e. The lowest BCUT2D eigenvalue weighted by Gasteiger charge is -2.59. The lowest BCUT2D eigenvalue weighted by atomic mass is 9.44. The molecule has 0 saturated heterocycles. The molecule has 6 rings (SSSR count). The van der Waals surface area contributed by atoms with Gasteiger partial charge in [0, 0.05) is 18.1 Å². The third kappa shape index (κ3) is 4.17. The highest BCUT2D eigenvalue weighted by atomic mass is 16.5. The van der Waals surface area contributed by atoms with E-state index in [4.69, 9.17) is 14.0 Å². The molecule has 4 aliphatic rings. The number of aromatic nitrogens is 1. The molecule has 3 unspecified atom stereocenters. The topological polar surface area (TPSA) is 128 Å². The quantitative estimate of drug-likeness (QED) is 0.549. The number of carboxylic acids is 1. The fraction of sp³-hybridized carbons (Fsp3) is 0.538. The molecular weight excluding hydrogens is 452 g/mol. The highest BCUT2D eigenvalue weighted by Gasteiger charge is 2.63. The van der Waals surface area contributed by atoms with Crippen LogP contribution in [-0.2, 0) is 25.5 Å². The van der Waals surface area contributed by atoms with Crippen LogP contribution in [0.25, 0.3) is 11.3 Å². The van der Waals surface area contributed by atoms with E-state index in [1.807, 2.05) is 12.1 Å². The van der Waals surface area contributed by atoms with E-state index in [0.717, 1.165) is 24.8 Å². The molecule has 0 spiro atoms. The lowest BCUT2D eigenvalue weighted by Crippen LogP contribution is -2.61. The van der Waals surface area contributed by atoms with Gasteiger partial charge < -0.3 is 24.4 Å². The van der Waals surface area contributed by atoms with Gasteiger partial charge in [-0.1, -0.05) is 5.16 Å². The Morgan fingerprint density at radius 2 is 1.77 bits per heavy atom. The van der Waals surface area contributed by atoms with Crippen LogP contribution in [0, 0.1) is 22.7 Å². The molecule has 4 fully saturated rings. The van der Waals surface area contributed by atoms with Crippen LogP contribution in [0.15, 0.2) is 34.9 Å². The van der Waals surface area contributed by atoms with E-state index in [2.05, 4.69) is 10.5 Å². The van der Waals surface area contributed by atoms with Crippen molar-refractivity contribution >= 4 is 17.8 Å². The van der Waals surface area contributed by atoms with Crippen LogP contribution in [0.5, 0.6) is 5.75 Å². The highest BCUT2D eigenvalue weighted by molar-refractivity contribution is 5.89. The number of ether oxygens (including phenoxy) is 2. The van der Waals surface area contributed by atoms with Gasteiger partial charge in [0.05, 0.1) is 25.0 Å². The van der Waals surface area contributed by atoms with E-state index in [1.165, 1.54) is 7.11 Å². The van der Waals surface area contributed by atoms with Gasteiger partial charge in [0.25, 0.3) is 0 Å². The van der Waals surface area contributed by atoms with Crippen molar-refractivity contribution in [2.45, 2.75) is 51.0 Å². The maximum absolute atomic E-state index is 13.6. The number of nitrogens with zero attached hydrogens (tertiary/aromatic N) is 1. The minimum Gasteiger partial charge on any atom is -0.497 e. The number of aliphatic carboxylic acids is 1. The Balaban J connectivity index is 1.31. The molecule has 2 aromatic rings. The first-order chi connectivity index (χ1) is 16.8. The molecule has 3 atom stereocenters. The van der Waals surface area contributed by atoms with E-state index in [9.17, 15) is 19.5 Å². The second-order valence-electron chi connectivity index (χ2n) is 10.5. The number of benzene rings is 1. The molecule has 1 aromatic carbocycles. The summed E-state index contributed by atoms with van der Waals surface area (Å²) in [5.41, 5.74) is 0.00645. The second kappa shape index (κ2) is 8.70. The van der Waals surface area contributed by atoms with E-state index in [1.54, 1.807) is 25.3 Å². The van der Waals surface area contributed by atoms with Crippen molar-refractivity contribution in [2.75, 3.05) is 14.2 Å². The molecule has 4 saturated carbocycles. The molecule has 9 heteroatoms. The van der Waals surface area contributed by atoms with E-state index in [0.29, 0.717) is 36.5 Å². The molecule has 186 valence electrons. The molecule has 0 radical (unpaired) electrons. The summed E-state index contributed by atoms with van der Waals surface area (Å²) in [6.45, 7) is 0. The van der Waals surface area contributed by atoms with Gasteiger partial charge in [-0.3, -0.25) is 9.59 Å². The Bertz CT molecular complexity index is 1120. The number of nitrogens with one attached hydrogen (secondary N) is 1. The van der Waals surface area contributed by atoms with Gasteiger partial charge in [-0.15, -0.1) is 0 Å². The Kier molecular flexibility index (Phi) is 5.81. The number of carboxylic acid groups (broad SMARTS) is 1. The molecule has 0 aliphatic heterocycles. The van der Waals surface area contributed by atoms with E-state index < -0.39 is 22.8 Å². The van der Waals surface area contributed by atoms with Gasteiger partial charge in [0.2, 0.25) is 5.91 Å². The predicted molar refractivity (Wildman–Crippen MR) is 123 cm³/mol. The van der Waals surface area contributed by atoms with Crippen LogP contribution in [0.2, 0.25) is 0 Å². The second-order valence-corrected chi connectivity index (χ2v) is 10.5. The summed E-state index contributed by atoms with van der Waals surface area (Å²) in [6, 6.07) is 7.79. The van der Waals surface area contributed by atoms with Crippen LogP contribution in [0.4, 0.5) is 0 Å². The van der Waals surface area contributed by atoms with E-state index >= 15 is 0 Å². The van der Waals surface area contributed by atoms with Gasteiger partial charge in [0.15, 0.2) is 0 Å². The van der Waals surface area contributed by atoms with Crippen LogP contribution in [0.3, 0.4) is 0 Å². The van der Waals surface area contributed by atoms with Gasteiger partial charge in [0.1, 0.15) is 23.2 Å². The Hall–Kier alpha value is -3.36. The molecule has 1 heterocycles. The van der Waals surface area contributed by atoms with Crippen molar-refractivity contribution in [3.8, 4) is 17.0 Å². The van der Waals surface area contributed by atoms with Gasteiger partial charge in [-0.05, 0) is 74.6 Å². The van der Waals surface area contributed by atoms with Crippen molar-refractivity contribution in [1.82, 2.24) is 10.5 Å². The zero-order chi connectivity index (χ0) is 24.8. The molecule has 2 N–H and O–H groups in total. The van der Waals surface area contributed by atoms with Crippen LogP contribution < -0.4 is 10.1 Å². The first kappa shape index (κ1) is 23.4. The van der Waals surface area contributed by atoms with Gasteiger partial charge in [-0.2, -0.15) is 0 Å². The first-order valence-electron chi connectivity index (χ1n) is 12.0. The summed E-state index contributed by atoms with van der Waals surface area (Å²) in [5, 5.41) is 16.7. The van der Waals surface area contributed by atoms with E-state index in [-0.39, 0.29) is 30.1 Å². The zero-order valence-corrected chi connectivity index (χ0v) is 19.9. The fourth-order valence-electron chi connectivity index (χ4n) is 7.00. The molecular formula is C26H30N2O7. The molecule has 1 aromatic heterocycles. The van der Waals surface area contributed by atoms with Crippen LogP contribution >= 0.6 is 0 Å². The number of amides is 1. The average Bonchev–Trinajstić information content (AvgIpc) is 3.30. The summed E-state index contributed by atoms with van der Waals surface area (Å²) < 4.78 is 15.7. The van der Waals surface area contributed by atoms with Crippen LogP contribution in [-0.4, -0.2) is 48.4 Å². The normalized spacial score (nSPS) is 29.4. The summed E-state index contributed by atoms with van der Waals surface area (Å²) in [4.78, 5) is 38.3. The highest BCUT2D eigenvalue weighted by Crippen LogP contribution is 2.65. The number of esters is 1. The third-order valence-electron chi connectivity index (χ3n) is 8.11. The number of rotatable bonds is 8.